The highest BCUT2D eigenvalue weighted by Gasteiger charge is 2.15. The summed E-state index contributed by atoms with van der Waals surface area (Å²) in [6.45, 7) is 5.74. The predicted molar refractivity (Wildman–Crippen MR) is 89.1 cm³/mol. The molecule has 0 saturated heterocycles. The van der Waals surface area contributed by atoms with Crippen molar-refractivity contribution in [2.45, 2.75) is 20.4 Å². The van der Waals surface area contributed by atoms with Gasteiger partial charge < -0.3 is 14.4 Å². The van der Waals surface area contributed by atoms with E-state index in [-0.39, 0.29) is 5.91 Å². The molecule has 3 rings (SSSR count). The van der Waals surface area contributed by atoms with Gasteiger partial charge in [0.05, 0.1) is 0 Å². The number of carbonyl (C=O) groups excluding carboxylic acids is 1. The molecule has 0 atom stereocenters. The number of hydrogen-bond acceptors (Lipinski definition) is 3. The Labute approximate surface area is 136 Å². The van der Waals surface area contributed by atoms with Crippen molar-refractivity contribution >= 4 is 5.91 Å². The number of ether oxygens (including phenoxy) is 2. The van der Waals surface area contributed by atoms with Gasteiger partial charge in [-0.3, -0.25) is 4.79 Å². The molecular weight excluding hydrogens is 290 g/mol. The highest BCUT2D eigenvalue weighted by molar-refractivity contribution is 5.94. The molecular formula is C19H21NO3. The number of benzene rings is 2. The van der Waals surface area contributed by atoms with Crippen LogP contribution < -0.4 is 9.47 Å². The van der Waals surface area contributed by atoms with Crippen LogP contribution in [0.4, 0.5) is 0 Å². The number of amides is 1. The molecule has 4 heteroatoms. The number of hydrogen-bond donors (Lipinski definition) is 0. The number of rotatable bonds is 3. The van der Waals surface area contributed by atoms with Crippen LogP contribution in [-0.2, 0) is 6.54 Å². The lowest BCUT2D eigenvalue weighted by Gasteiger charge is -2.21. The molecule has 0 saturated carbocycles. The quantitative estimate of drug-likeness (QED) is 0.872. The summed E-state index contributed by atoms with van der Waals surface area (Å²) in [6, 6.07) is 11.6. The van der Waals surface area contributed by atoms with Crippen LogP contribution in [0.25, 0.3) is 0 Å². The number of nitrogens with zero attached hydrogens (tertiary/aromatic N) is 1. The van der Waals surface area contributed by atoms with Crippen LogP contribution in [-0.4, -0.2) is 31.1 Å². The predicted octanol–water partition coefficient (Wildman–Crippen LogP) is 3.35. The van der Waals surface area contributed by atoms with E-state index in [2.05, 4.69) is 0 Å². The van der Waals surface area contributed by atoms with Gasteiger partial charge in [0.15, 0.2) is 11.5 Å². The summed E-state index contributed by atoms with van der Waals surface area (Å²) in [6.07, 6.45) is 0. The zero-order valence-corrected chi connectivity index (χ0v) is 13.8. The molecule has 0 unspecified atom stereocenters. The number of carbonyl (C=O) groups is 1. The number of aryl methyl sites for hydroxylation is 2. The molecule has 23 heavy (non-hydrogen) atoms. The molecule has 0 bridgehead atoms. The fraction of sp³-hybridized carbons (Fsp3) is 0.316. The van der Waals surface area contributed by atoms with Crippen molar-refractivity contribution in [3.05, 3.63) is 58.7 Å². The summed E-state index contributed by atoms with van der Waals surface area (Å²) in [5.74, 6) is 1.53. The van der Waals surface area contributed by atoms with Crippen LogP contribution in [0, 0.1) is 13.8 Å². The largest absolute Gasteiger partial charge is 0.486 e. The number of fused-ring (bicyclic) bond motifs is 1. The standard InChI is InChI=1S/C19H21NO3/c1-13-4-6-16(10-14(13)2)19(21)20(3)12-15-5-7-17-18(11-15)23-9-8-22-17/h4-7,10-11H,8-9,12H2,1-3H3. The van der Waals surface area contributed by atoms with Crippen molar-refractivity contribution in [3.63, 3.8) is 0 Å². The minimum absolute atomic E-state index is 0.0167. The van der Waals surface area contributed by atoms with Crippen molar-refractivity contribution in [2.75, 3.05) is 20.3 Å². The molecule has 0 radical (unpaired) electrons. The molecule has 4 nitrogen and oxygen atoms in total. The van der Waals surface area contributed by atoms with E-state index in [1.807, 2.05) is 57.3 Å². The average molecular weight is 311 g/mol. The first-order valence-electron chi connectivity index (χ1n) is 7.76. The highest BCUT2D eigenvalue weighted by atomic mass is 16.6. The van der Waals surface area contributed by atoms with Gasteiger partial charge in [-0.15, -0.1) is 0 Å². The molecule has 1 heterocycles. The summed E-state index contributed by atoms with van der Waals surface area (Å²) >= 11 is 0. The van der Waals surface area contributed by atoms with Crippen LogP contribution in [0.1, 0.15) is 27.0 Å². The van der Waals surface area contributed by atoms with Gasteiger partial charge in [0, 0.05) is 19.2 Å². The topological polar surface area (TPSA) is 38.8 Å². The lowest BCUT2D eigenvalue weighted by Crippen LogP contribution is -2.26. The van der Waals surface area contributed by atoms with Gasteiger partial charge in [-0.25, -0.2) is 0 Å². The van der Waals surface area contributed by atoms with E-state index in [9.17, 15) is 4.79 Å². The zero-order chi connectivity index (χ0) is 16.4. The van der Waals surface area contributed by atoms with Crippen molar-refractivity contribution in [2.24, 2.45) is 0 Å². The van der Waals surface area contributed by atoms with E-state index in [4.69, 9.17) is 9.47 Å². The van der Waals surface area contributed by atoms with Gasteiger partial charge in [-0.1, -0.05) is 12.1 Å². The van der Waals surface area contributed by atoms with Crippen LogP contribution in [0.2, 0.25) is 0 Å². The lowest BCUT2D eigenvalue weighted by molar-refractivity contribution is 0.0784. The Morgan fingerprint density at radius 1 is 1.00 bits per heavy atom. The SMILES string of the molecule is Cc1ccc(C(=O)N(C)Cc2ccc3c(c2)OCCO3)cc1C. The molecule has 1 amide bonds. The van der Waals surface area contributed by atoms with Crippen LogP contribution in [0.5, 0.6) is 11.5 Å². The monoisotopic (exact) mass is 311 g/mol. The van der Waals surface area contributed by atoms with Crippen LogP contribution in [0.3, 0.4) is 0 Å². The van der Waals surface area contributed by atoms with Crippen molar-refractivity contribution in [3.8, 4) is 11.5 Å². The van der Waals surface area contributed by atoms with Gasteiger partial charge in [0.25, 0.3) is 5.91 Å². The van der Waals surface area contributed by atoms with Gasteiger partial charge >= 0.3 is 0 Å². The molecule has 120 valence electrons. The second-order valence-corrected chi connectivity index (χ2v) is 5.94. The van der Waals surface area contributed by atoms with E-state index in [1.165, 1.54) is 5.56 Å². The normalized spacial score (nSPS) is 12.8. The van der Waals surface area contributed by atoms with Crippen molar-refractivity contribution in [1.29, 1.82) is 0 Å². The van der Waals surface area contributed by atoms with Crippen LogP contribution in [0.15, 0.2) is 36.4 Å². The molecule has 0 fully saturated rings. The summed E-state index contributed by atoms with van der Waals surface area (Å²) < 4.78 is 11.1. The lowest BCUT2D eigenvalue weighted by atomic mass is 10.1. The van der Waals surface area contributed by atoms with E-state index in [0.717, 1.165) is 22.6 Å². The van der Waals surface area contributed by atoms with E-state index >= 15 is 0 Å². The second-order valence-electron chi connectivity index (χ2n) is 5.94. The maximum Gasteiger partial charge on any atom is 0.253 e. The third-order valence-electron chi connectivity index (χ3n) is 4.13. The summed E-state index contributed by atoms with van der Waals surface area (Å²) in [5.41, 5.74) is 4.06. The van der Waals surface area contributed by atoms with Gasteiger partial charge in [0.2, 0.25) is 0 Å². The fourth-order valence-electron chi connectivity index (χ4n) is 2.63. The fourth-order valence-corrected chi connectivity index (χ4v) is 2.63. The van der Waals surface area contributed by atoms with E-state index < -0.39 is 0 Å². The maximum atomic E-state index is 12.6. The third kappa shape index (κ3) is 3.31. The third-order valence-corrected chi connectivity index (χ3v) is 4.13. The smallest absolute Gasteiger partial charge is 0.253 e. The molecule has 2 aromatic carbocycles. The van der Waals surface area contributed by atoms with Gasteiger partial charge in [-0.2, -0.15) is 0 Å². The molecule has 0 spiro atoms. The Morgan fingerprint density at radius 2 is 1.74 bits per heavy atom. The Morgan fingerprint density at radius 3 is 2.48 bits per heavy atom. The summed E-state index contributed by atoms with van der Waals surface area (Å²) in [4.78, 5) is 14.3. The minimum Gasteiger partial charge on any atom is -0.486 e. The first kappa shape index (κ1) is 15.4. The minimum atomic E-state index is 0.0167. The molecule has 0 aliphatic carbocycles. The van der Waals surface area contributed by atoms with Crippen molar-refractivity contribution in [1.82, 2.24) is 4.90 Å². The maximum absolute atomic E-state index is 12.6. The Hall–Kier alpha value is -2.49. The van der Waals surface area contributed by atoms with Gasteiger partial charge in [-0.05, 0) is 54.8 Å². The molecule has 0 N–H and O–H groups in total. The first-order chi connectivity index (χ1) is 11.0. The highest BCUT2D eigenvalue weighted by Crippen LogP contribution is 2.31. The first-order valence-corrected chi connectivity index (χ1v) is 7.76. The molecule has 0 aromatic heterocycles. The Bertz CT molecular complexity index is 739. The molecule has 2 aromatic rings. The Kier molecular flexibility index (Phi) is 4.24. The van der Waals surface area contributed by atoms with E-state index in [0.29, 0.717) is 25.3 Å². The average Bonchev–Trinajstić information content (AvgIpc) is 2.56. The van der Waals surface area contributed by atoms with E-state index in [1.54, 1.807) is 4.90 Å². The van der Waals surface area contributed by atoms with Crippen LogP contribution >= 0.6 is 0 Å². The van der Waals surface area contributed by atoms with Gasteiger partial charge in [0.1, 0.15) is 13.2 Å². The zero-order valence-electron chi connectivity index (χ0n) is 13.8. The second kappa shape index (κ2) is 6.32. The molecule has 1 aliphatic heterocycles. The Balaban J connectivity index is 1.74. The summed E-state index contributed by atoms with van der Waals surface area (Å²) in [7, 11) is 1.81. The van der Waals surface area contributed by atoms with Crippen molar-refractivity contribution < 1.29 is 14.3 Å². The molecule has 1 aliphatic rings. The summed E-state index contributed by atoms with van der Waals surface area (Å²) in [5, 5.41) is 0.